The van der Waals surface area contributed by atoms with Gasteiger partial charge in [-0.3, -0.25) is 4.90 Å². The minimum Gasteiger partial charge on any atom is -0.392 e. The predicted molar refractivity (Wildman–Crippen MR) is 66.1 cm³/mol. The van der Waals surface area contributed by atoms with Gasteiger partial charge in [0.05, 0.1) is 6.61 Å². The highest BCUT2D eigenvalue weighted by molar-refractivity contribution is 5.21. The molecule has 1 saturated carbocycles. The van der Waals surface area contributed by atoms with Gasteiger partial charge < -0.3 is 5.11 Å². The monoisotopic (exact) mass is 219 g/mol. The van der Waals surface area contributed by atoms with Crippen molar-refractivity contribution in [1.29, 1.82) is 0 Å². The smallest absolute Gasteiger partial charge is 0.0681 e. The Kier molecular flexibility index (Phi) is 3.97. The first-order chi connectivity index (χ1) is 7.79. The lowest BCUT2D eigenvalue weighted by Crippen LogP contribution is -2.28. The van der Waals surface area contributed by atoms with Gasteiger partial charge in [0, 0.05) is 12.6 Å². The normalized spacial score (nSPS) is 17.2. The maximum absolute atomic E-state index is 8.97. The zero-order valence-electron chi connectivity index (χ0n) is 10.0. The summed E-state index contributed by atoms with van der Waals surface area (Å²) in [6.45, 7) is 1.16. The van der Waals surface area contributed by atoms with Gasteiger partial charge in [0.1, 0.15) is 0 Å². The summed E-state index contributed by atoms with van der Waals surface area (Å²) in [5.74, 6) is 0. The van der Waals surface area contributed by atoms with E-state index in [0.29, 0.717) is 0 Å². The summed E-state index contributed by atoms with van der Waals surface area (Å²) in [7, 11) is 2.22. The average Bonchev–Trinajstić information content (AvgIpc) is 2.83. The molecule has 0 heterocycles. The Labute approximate surface area is 97.9 Å². The number of hydrogen-bond acceptors (Lipinski definition) is 2. The number of rotatable bonds is 4. The highest BCUT2D eigenvalue weighted by Crippen LogP contribution is 2.23. The van der Waals surface area contributed by atoms with Crippen molar-refractivity contribution in [3.8, 4) is 0 Å². The minimum absolute atomic E-state index is 0.138. The van der Waals surface area contributed by atoms with E-state index in [1.165, 1.54) is 31.2 Å². The second-order valence-corrected chi connectivity index (χ2v) is 4.83. The second-order valence-electron chi connectivity index (χ2n) is 4.83. The molecular formula is C14H21NO. The lowest BCUT2D eigenvalue weighted by molar-refractivity contribution is 0.237. The van der Waals surface area contributed by atoms with E-state index < -0.39 is 0 Å². The van der Waals surface area contributed by atoms with Gasteiger partial charge >= 0.3 is 0 Å². The Balaban J connectivity index is 1.92. The standard InChI is InChI=1S/C14H21NO/c1-15(14-4-2-3-5-14)10-12-6-8-13(11-16)9-7-12/h6-9,14,16H,2-5,10-11H2,1H3. The molecule has 0 amide bonds. The molecule has 1 N–H and O–H groups in total. The molecule has 88 valence electrons. The van der Waals surface area contributed by atoms with Gasteiger partial charge in [-0.2, -0.15) is 0 Å². The number of hydrogen-bond donors (Lipinski definition) is 1. The third-order valence-corrected chi connectivity index (χ3v) is 3.59. The molecule has 2 rings (SSSR count). The zero-order chi connectivity index (χ0) is 11.4. The van der Waals surface area contributed by atoms with Gasteiger partial charge in [-0.15, -0.1) is 0 Å². The Hall–Kier alpha value is -0.860. The third-order valence-electron chi connectivity index (χ3n) is 3.59. The fourth-order valence-corrected chi connectivity index (χ4v) is 2.51. The minimum atomic E-state index is 0.138. The fraction of sp³-hybridized carbons (Fsp3) is 0.571. The van der Waals surface area contributed by atoms with E-state index in [-0.39, 0.29) is 6.61 Å². The van der Waals surface area contributed by atoms with Crippen LogP contribution in [0.4, 0.5) is 0 Å². The lowest BCUT2D eigenvalue weighted by atomic mass is 10.1. The molecule has 1 aromatic carbocycles. The Morgan fingerprint density at radius 1 is 1.12 bits per heavy atom. The summed E-state index contributed by atoms with van der Waals surface area (Å²) < 4.78 is 0. The van der Waals surface area contributed by atoms with E-state index in [1.54, 1.807) is 0 Å². The first-order valence-electron chi connectivity index (χ1n) is 6.18. The average molecular weight is 219 g/mol. The second kappa shape index (κ2) is 5.46. The molecule has 0 aliphatic heterocycles. The molecule has 1 aliphatic carbocycles. The molecule has 0 spiro atoms. The van der Waals surface area contributed by atoms with Crippen molar-refractivity contribution in [2.75, 3.05) is 7.05 Å². The molecule has 0 atom stereocenters. The van der Waals surface area contributed by atoms with Crippen molar-refractivity contribution in [1.82, 2.24) is 4.90 Å². The van der Waals surface area contributed by atoms with Crippen LogP contribution in [0, 0.1) is 0 Å². The quantitative estimate of drug-likeness (QED) is 0.841. The van der Waals surface area contributed by atoms with E-state index >= 15 is 0 Å². The highest BCUT2D eigenvalue weighted by atomic mass is 16.3. The SMILES string of the molecule is CN(Cc1ccc(CO)cc1)C1CCCC1. The molecule has 2 heteroatoms. The van der Waals surface area contributed by atoms with Crippen molar-refractivity contribution in [3.05, 3.63) is 35.4 Å². The predicted octanol–water partition coefficient (Wildman–Crippen LogP) is 2.55. The molecule has 0 bridgehead atoms. The molecule has 0 aromatic heterocycles. The van der Waals surface area contributed by atoms with E-state index in [9.17, 15) is 0 Å². The molecular weight excluding hydrogens is 198 g/mol. The van der Waals surface area contributed by atoms with Crippen LogP contribution in [0.5, 0.6) is 0 Å². The van der Waals surface area contributed by atoms with Crippen LogP contribution < -0.4 is 0 Å². The van der Waals surface area contributed by atoms with Gasteiger partial charge in [-0.25, -0.2) is 0 Å². The Morgan fingerprint density at radius 2 is 1.69 bits per heavy atom. The summed E-state index contributed by atoms with van der Waals surface area (Å²) >= 11 is 0. The van der Waals surface area contributed by atoms with Crippen LogP contribution in [0.2, 0.25) is 0 Å². The third kappa shape index (κ3) is 2.83. The fourth-order valence-electron chi connectivity index (χ4n) is 2.51. The highest BCUT2D eigenvalue weighted by Gasteiger charge is 2.19. The van der Waals surface area contributed by atoms with Crippen LogP contribution in [0.25, 0.3) is 0 Å². The van der Waals surface area contributed by atoms with Gasteiger partial charge in [-0.1, -0.05) is 37.1 Å². The molecule has 1 aromatic rings. The first kappa shape index (κ1) is 11.6. The van der Waals surface area contributed by atoms with Gasteiger partial charge in [0.2, 0.25) is 0 Å². The van der Waals surface area contributed by atoms with Crippen LogP contribution in [-0.4, -0.2) is 23.1 Å². The Morgan fingerprint density at radius 3 is 2.25 bits per heavy atom. The summed E-state index contributed by atoms with van der Waals surface area (Å²) in [5, 5.41) is 8.97. The first-order valence-corrected chi connectivity index (χ1v) is 6.18. The summed E-state index contributed by atoms with van der Waals surface area (Å²) in [5.41, 5.74) is 2.33. The van der Waals surface area contributed by atoms with Crippen molar-refractivity contribution < 1.29 is 5.11 Å². The molecule has 0 saturated heterocycles. The zero-order valence-corrected chi connectivity index (χ0v) is 10.0. The van der Waals surface area contributed by atoms with E-state index in [2.05, 4.69) is 24.1 Å². The maximum Gasteiger partial charge on any atom is 0.0681 e. The van der Waals surface area contributed by atoms with Gasteiger partial charge in [0.15, 0.2) is 0 Å². The largest absolute Gasteiger partial charge is 0.392 e. The van der Waals surface area contributed by atoms with Crippen molar-refractivity contribution in [2.45, 2.75) is 44.9 Å². The Bertz CT molecular complexity index is 314. The summed E-state index contributed by atoms with van der Waals surface area (Å²) in [6.07, 6.45) is 5.48. The molecule has 0 radical (unpaired) electrons. The number of aliphatic hydroxyl groups is 1. The van der Waals surface area contributed by atoms with Crippen LogP contribution >= 0.6 is 0 Å². The van der Waals surface area contributed by atoms with Gasteiger partial charge in [0.25, 0.3) is 0 Å². The maximum atomic E-state index is 8.97. The van der Waals surface area contributed by atoms with E-state index in [1.807, 2.05) is 12.1 Å². The molecule has 1 aliphatic rings. The van der Waals surface area contributed by atoms with Crippen molar-refractivity contribution in [3.63, 3.8) is 0 Å². The number of nitrogens with zero attached hydrogens (tertiary/aromatic N) is 1. The van der Waals surface area contributed by atoms with Crippen LogP contribution in [0.1, 0.15) is 36.8 Å². The molecule has 0 unspecified atom stereocenters. The van der Waals surface area contributed by atoms with E-state index in [4.69, 9.17) is 5.11 Å². The van der Waals surface area contributed by atoms with Gasteiger partial charge in [-0.05, 0) is 31.0 Å². The summed E-state index contributed by atoms with van der Waals surface area (Å²) in [6, 6.07) is 9.04. The van der Waals surface area contributed by atoms with Crippen LogP contribution in [-0.2, 0) is 13.2 Å². The number of aliphatic hydroxyl groups excluding tert-OH is 1. The lowest BCUT2D eigenvalue weighted by Gasteiger charge is -2.24. The van der Waals surface area contributed by atoms with Crippen LogP contribution in [0.15, 0.2) is 24.3 Å². The molecule has 16 heavy (non-hydrogen) atoms. The van der Waals surface area contributed by atoms with Crippen molar-refractivity contribution in [2.24, 2.45) is 0 Å². The molecule has 1 fully saturated rings. The molecule has 2 nitrogen and oxygen atoms in total. The topological polar surface area (TPSA) is 23.5 Å². The van der Waals surface area contributed by atoms with Crippen molar-refractivity contribution >= 4 is 0 Å². The number of benzene rings is 1. The van der Waals surface area contributed by atoms with Crippen LogP contribution in [0.3, 0.4) is 0 Å². The van der Waals surface area contributed by atoms with E-state index in [0.717, 1.165) is 18.2 Å². The summed E-state index contributed by atoms with van der Waals surface area (Å²) in [4.78, 5) is 2.46.